The van der Waals surface area contributed by atoms with Crippen LogP contribution in [0.1, 0.15) is 13.8 Å². The van der Waals surface area contributed by atoms with E-state index in [9.17, 15) is 0 Å². The second-order valence-corrected chi connectivity index (χ2v) is 1.46. The van der Waals surface area contributed by atoms with Crippen molar-refractivity contribution >= 4 is 18.1 Å². The van der Waals surface area contributed by atoms with E-state index in [0.717, 1.165) is 5.69 Å². The van der Waals surface area contributed by atoms with Crippen molar-refractivity contribution in [2.45, 2.75) is 13.8 Å². The zero-order chi connectivity index (χ0) is 7.82. The van der Waals surface area contributed by atoms with E-state index in [1.54, 1.807) is 0 Å². The lowest BCUT2D eigenvalue weighted by molar-refractivity contribution is 1.47. The first kappa shape index (κ1) is 12.9. The zero-order valence-electron chi connectivity index (χ0n) is 6.82. The summed E-state index contributed by atoms with van der Waals surface area (Å²) >= 11 is 0. The normalized spacial score (nSPS) is 6.82. The van der Waals surface area contributed by atoms with Gasteiger partial charge in [0.1, 0.15) is 0 Å². The average molecular weight is 174 g/mol. The smallest absolute Gasteiger partial charge is 0.0624 e. The van der Waals surface area contributed by atoms with Gasteiger partial charge in [0.05, 0.1) is 0 Å². The third-order valence-corrected chi connectivity index (χ3v) is 0.905. The predicted molar refractivity (Wildman–Crippen MR) is 52.2 cm³/mol. The molecule has 0 bridgehead atoms. The highest BCUT2D eigenvalue weighted by Crippen LogP contribution is 2.09. The number of rotatable bonds is 1. The monoisotopic (exact) mass is 173 g/mol. The van der Waals surface area contributed by atoms with Crippen molar-refractivity contribution in [2.24, 2.45) is 5.84 Å². The Kier molecular flexibility index (Phi) is 10.9. The molecule has 2 nitrogen and oxygen atoms in total. The fraction of sp³-hybridized carbons (Fsp3) is 0.250. The van der Waals surface area contributed by atoms with E-state index in [0.29, 0.717) is 0 Å². The summed E-state index contributed by atoms with van der Waals surface area (Å²) in [6, 6.07) is 9.41. The Morgan fingerprint density at radius 3 is 1.82 bits per heavy atom. The molecule has 0 aliphatic rings. The summed E-state index contributed by atoms with van der Waals surface area (Å²) in [6.07, 6.45) is 0. The van der Waals surface area contributed by atoms with Gasteiger partial charge < -0.3 is 11.3 Å². The molecule has 0 unspecified atom stereocenters. The maximum absolute atomic E-state index is 4.97. The van der Waals surface area contributed by atoms with Crippen molar-refractivity contribution in [1.82, 2.24) is 0 Å². The van der Waals surface area contributed by atoms with Gasteiger partial charge in [-0.15, -0.1) is 18.1 Å². The zero-order valence-corrected chi connectivity index (χ0v) is 7.64. The Morgan fingerprint density at radius 2 is 1.55 bits per heavy atom. The molecule has 0 saturated carbocycles. The van der Waals surface area contributed by atoms with E-state index in [4.69, 9.17) is 5.84 Å². The lowest BCUT2D eigenvalue weighted by atomic mass is 10.3. The Bertz CT molecular complexity index is 153. The number of nitrogens with two attached hydrogens (primary N) is 1. The average Bonchev–Trinajstić information content (AvgIpc) is 2.10. The molecule has 0 aliphatic heterocycles. The minimum Gasteiger partial charge on any atom is -0.625 e. The third kappa shape index (κ3) is 5.70. The SMILES string of the molecule is CC.Cl.N[N-]c1ccccc1. The van der Waals surface area contributed by atoms with Gasteiger partial charge >= 0.3 is 0 Å². The molecule has 0 aliphatic carbocycles. The van der Waals surface area contributed by atoms with E-state index < -0.39 is 0 Å². The molecule has 0 heterocycles. The van der Waals surface area contributed by atoms with Crippen LogP contribution in [0.3, 0.4) is 0 Å². The van der Waals surface area contributed by atoms with Crippen molar-refractivity contribution in [1.29, 1.82) is 0 Å². The van der Waals surface area contributed by atoms with Crippen LogP contribution in [0.25, 0.3) is 5.43 Å². The summed E-state index contributed by atoms with van der Waals surface area (Å²) in [7, 11) is 0. The van der Waals surface area contributed by atoms with Crippen molar-refractivity contribution < 1.29 is 0 Å². The van der Waals surface area contributed by atoms with E-state index in [1.165, 1.54) is 0 Å². The van der Waals surface area contributed by atoms with Gasteiger partial charge in [-0.05, 0) is 0 Å². The molecule has 0 saturated heterocycles. The molecule has 0 fully saturated rings. The van der Waals surface area contributed by atoms with Crippen LogP contribution in [0.15, 0.2) is 30.3 Å². The second-order valence-electron chi connectivity index (χ2n) is 1.46. The third-order valence-electron chi connectivity index (χ3n) is 0.905. The van der Waals surface area contributed by atoms with Crippen molar-refractivity contribution in [3.63, 3.8) is 0 Å². The number of hydrogen-bond acceptors (Lipinski definition) is 1. The van der Waals surface area contributed by atoms with Gasteiger partial charge in [0.15, 0.2) is 0 Å². The van der Waals surface area contributed by atoms with Crippen molar-refractivity contribution in [2.75, 3.05) is 0 Å². The summed E-state index contributed by atoms with van der Waals surface area (Å²) in [5.41, 5.74) is 4.28. The summed E-state index contributed by atoms with van der Waals surface area (Å²) in [5, 5.41) is 0. The van der Waals surface area contributed by atoms with Gasteiger partial charge in [-0.1, -0.05) is 44.2 Å². The van der Waals surface area contributed by atoms with E-state index in [1.807, 2.05) is 44.2 Å². The van der Waals surface area contributed by atoms with E-state index >= 15 is 0 Å². The van der Waals surface area contributed by atoms with Crippen LogP contribution >= 0.6 is 12.4 Å². The molecule has 1 aromatic rings. The molecular formula is C8H14ClN2-. The molecule has 0 aromatic heterocycles. The van der Waals surface area contributed by atoms with Crippen LogP contribution in [0.4, 0.5) is 5.69 Å². The molecule has 0 amide bonds. The van der Waals surface area contributed by atoms with Crippen molar-refractivity contribution in [3.8, 4) is 0 Å². The topological polar surface area (TPSA) is 40.1 Å². The summed E-state index contributed by atoms with van der Waals surface area (Å²) in [4.78, 5) is 0. The van der Waals surface area contributed by atoms with Crippen molar-refractivity contribution in [3.05, 3.63) is 35.8 Å². The van der Waals surface area contributed by atoms with E-state index in [2.05, 4.69) is 5.43 Å². The number of benzene rings is 1. The van der Waals surface area contributed by atoms with Crippen LogP contribution in [-0.2, 0) is 0 Å². The molecule has 0 radical (unpaired) electrons. The maximum Gasteiger partial charge on any atom is -0.0624 e. The summed E-state index contributed by atoms with van der Waals surface area (Å²) in [5.74, 6) is 4.97. The predicted octanol–water partition coefficient (Wildman–Crippen LogP) is 3.01. The van der Waals surface area contributed by atoms with Crippen LogP contribution in [0, 0.1) is 0 Å². The highest BCUT2D eigenvalue weighted by Gasteiger charge is 1.68. The molecule has 0 atom stereocenters. The highest BCUT2D eigenvalue weighted by atomic mass is 35.5. The summed E-state index contributed by atoms with van der Waals surface area (Å²) < 4.78 is 0. The summed E-state index contributed by atoms with van der Waals surface area (Å²) in [6.45, 7) is 4.00. The van der Waals surface area contributed by atoms with Crippen LogP contribution in [0.5, 0.6) is 0 Å². The Balaban J connectivity index is 0. The molecule has 2 N–H and O–H groups in total. The first-order valence-corrected chi connectivity index (χ1v) is 3.39. The van der Waals surface area contributed by atoms with Gasteiger partial charge in [-0.2, -0.15) is 0 Å². The van der Waals surface area contributed by atoms with Crippen LogP contribution in [-0.4, -0.2) is 0 Å². The molecule has 11 heavy (non-hydrogen) atoms. The fourth-order valence-corrected chi connectivity index (χ4v) is 0.514. The van der Waals surface area contributed by atoms with Gasteiger partial charge in [0, 0.05) is 0 Å². The number of nitrogens with zero attached hydrogens (tertiary/aromatic N) is 1. The minimum absolute atomic E-state index is 0. The minimum atomic E-state index is 0. The van der Waals surface area contributed by atoms with Gasteiger partial charge in [-0.25, -0.2) is 0 Å². The van der Waals surface area contributed by atoms with Crippen LogP contribution < -0.4 is 5.84 Å². The first-order chi connectivity index (χ1) is 4.93. The Morgan fingerprint density at radius 1 is 1.09 bits per heavy atom. The number of hydrogen-bond donors (Lipinski definition) is 1. The molecule has 1 rings (SSSR count). The molecule has 0 spiro atoms. The largest absolute Gasteiger partial charge is 0.625 e. The molecule has 1 aromatic carbocycles. The molecule has 64 valence electrons. The standard InChI is InChI=1S/C6H7N2.C2H6.ClH/c7-8-6-4-2-1-3-5-6;1-2;/h1-5H,7H2;1-2H3;1H/q-1;;. The second kappa shape index (κ2) is 9.27. The molecular weight excluding hydrogens is 160 g/mol. The first-order valence-electron chi connectivity index (χ1n) is 3.39. The maximum atomic E-state index is 4.97. The lowest BCUT2D eigenvalue weighted by Gasteiger charge is -2.11. The van der Waals surface area contributed by atoms with E-state index in [-0.39, 0.29) is 12.4 Å². The van der Waals surface area contributed by atoms with Gasteiger partial charge in [0.25, 0.3) is 0 Å². The van der Waals surface area contributed by atoms with Gasteiger partial charge in [0.2, 0.25) is 0 Å². The van der Waals surface area contributed by atoms with Crippen LogP contribution in [0.2, 0.25) is 0 Å². The van der Waals surface area contributed by atoms with Gasteiger partial charge in [-0.3, -0.25) is 0 Å². The molecule has 3 heteroatoms. The Hall–Kier alpha value is -0.730. The highest BCUT2D eigenvalue weighted by molar-refractivity contribution is 5.85. The quantitative estimate of drug-likeness (QED) is 0.515. The fourth-order valence-electron chi connectivity index (χ4n) is 0.514. The Labute approximate surface area is 74.2 Å². The number of halogens is 1. The lowest BCUT2D eigenvalue weighted by Crippen LogP contribution is -1.78.